The summed E-state index contributed by atoms with van der Waals surface area (Å²) in [5.41, 5.74) is 8.06. The molecule has 0 amide bonds. The number of ether oxygens (including phenoxy) is 2. The van der Waals surface area contributed by atoms with Gasteiger partial charge in [-0.15, -0.1) is 0 Å². The smallest absolute Gasteiger partial charge is 0.168 e. The van der Waals surface area contributed by atoms with Gasteiger partial charge >= 0.3 is 0 Å². The Balaban J connectivity index is 0.000000753. The molecule has 1 aliphatic carbocycles. The second kappa shape index (κ2) is 6.45. The highest BCUT2D eigenvalue weighted by Crippen LogP contribution is 2.41. The number of hydrogen-bond acceptors (Lipinski definition) is 5. The van der Waals surface area contributed by atoms with Crippen LogP contribution in [0.4, 0.5) is 5.82 Å². The van der Waals surface area contributed by atoms with Gasteiger partial charge in [0.1, 0.15) is 17.8 Å². The molecule has 0 unspecified atom stereocenters. The van der Waals surface area contributed by atoms with E-state index in [9.17, 15) is 0 Å². The van der Waals surface area contributed by atoms with Gasteiger partial charge in [0.25, 0.3) is 0 Å². The molecule has 2 N–H and O–H groups in total. The van der Waals surface area contributed by atoms with Gasteiger partial charge in [-0.3, -0.25) is 0 Å². The first kappa shape index (κ1) is 16.2. The van der Waals surface area contributed by atoms with Crippen LogP contribution < -0.4 is 5.73 Å². The molecular formula is C17H26N4O2. The van der Waals surface area contributed by atoms with E-state index in [0.29, 0.717) is 11.9 Å². The average molecular weight is 318 g/mol. The first-order valence-corrected chi connectivity index (χ1v) is 8.54. The molecule has 6 heteroatoms. The van der Waals surface area contributed by atoms with Crippen molar-refractivity contribution >= 4 is 16.9 Å². The van der Waals surface area contributed by atoms with Gasteiger partial charge in [0.15, 0.2) is 5.79 Å². The molecule has 0 aromatic carbocycles. The molecule has 23 heavy (non-hydrogen) atoms. The van der Waals surface area contributed by atoms with Crippen molar-refractivity contribution in [3.8, 4) is 0 Å². The summed E-state index contributed by atoms with van der Waals surface area (Å²) >= 11 is 0. The third-order valence-corrected chi connectivity index (χ3v) is 4.75. The van der Waals surface area contributed by atoms with E-state index in [4.69, 9.17) is 15.2 Å². The number of nitrogen functional groups attached to an aromatic ring is 1. The first-order valence-electron chi connectivity index (χ1n) is 8.54. The van der Waals surface area contributed by atoms with Crippen LogP contribution in [0.25, 0.3) is 11.0 Å². The zero-order chi connectivity index (χ0) is 16.4. The van der Waals surface area contributed by atoms with Crippen molar-refractivity contribution in [2.45, 2.75) is 58.3 Å². The van der Waals surface area contributed by atoms with Crippen LogP contribution in [0.3, 0.4) is 0 Å². The van der Waals surface area contributed by atoms with Crippen LogP contribution in [-0.2, 0) is 9.47 Å². The van der Waals surface area contributed by atoms with Crippen molar-refractivity contribution in [3.05, 3.63) is 18.1 Å². The quantitative estimate of drug-likeness (QED) is 0.874. The molecule has 1 saturated heterocycles. The van der Waals surface area contributed by atoms with Gasteiger partial charge in [0.05, 0.1) is 18.6 Å². The van der Waals surface area contributed by atoms with E-state index in [-0.39, 0.29) is 5.79 Å². The molecular weight excluding hydrogens is 292 g/mol. The second-order valence-corrected chi connectivity index (χ2v) is 6.02. The summed E-state index contributed by atoms with van der Waals surface area (Å²) in [7, 11) is 0. The molecule has 2 fully saturated rings. The minimum absolute atomic E-state index is 0.317. The Kier molecular flexibility index (Phi) is 4.55. The molecule has 2 aliphatic rings. The Morgan fingerprint density at radius 1 is 1.17 bits per heavy atom. The zero-order valence-electron chi connectivity index (χ0n) is 14.2. The van der Waals surface area contributed by atoms with E-state index in [1.807, 2.05) is 13.8 Å². The van der Waals surface area contributed by atoms with Crippen molar-refractivity contribution in [1.82, 2.24) is 14.5 Å². The van der Waals surface area contributed by atoms with Crippen molar-refractivity contribution in [1.29, 1.82) is 0 Å². The lowest BCUT2D eigenvalue weighted by Gasteiger charge is -2.36. The van der Waals surface area contributed by atoms with Gasteiger partial charge in [0, 0.05) is 25.1 Å². The van der Waals surface area contributed by atoms with E-state index < -0.39 is 0 Å². The normalized spacial score (nSPS) is 20.7. The molecule has 126 valence electrons. The Bertz CT molecular complexity index is 667. The van der Waals surface area contributed by atoms with Crippen molar-refractivity contribution in [2.24, 2.45) is 0 Å². The molecule has 3 heterocycles. The van der Waals surface area contributed by atoms with E-state index in [1.165, 1.54) is 0 Å². The van der Waals surface area contributed by atoms with E-state index in [2.05, 4.69) is 27.7 Å². The summed E-state index contributed by atoms with van der Waals surface area (Å²) in [5.74, 6) is 0.244. The number of fused-ring (bicyclic) bond motifs is 1. The molecule has 1 spiro atoms. The van der Waals surface area contributed by atoms with Gasteiger partial charge in [-0.05, 0) is 25.3 Å². The number of rotatable bonds is 1. The van der Waals surface area contributed by atoms with Crippen LogP contribution in [0.1, 0.15) is 51.1 Å². The number of hydrogen-bond donors (Lipinski definition) is 1. The topological polar surface area (TPSA) is 75.2 Å². The first-order chi connectivity index (χ1) is 11.2. The molecule has 2 aromatic heterocycles. The van der Waals surface area contributed by atoms with Crippen LogP contribution in [0.5, 0.6) is 0 Å². The predicted molar refractivity (Wildman–Crippen MR) is 90.2 cm³/mol. The van der Waals surface area contributed by atoms with Crippen LogP contribution in [0.15, 0.2) is 12.5 Å². The van der Waals surface area contributed by atoms with Crippen LogP contribution >= 0.6 is 0 Å². The Morgan fingerprint density at radius 2 is 1.83 bits per heavy atom. The fraction of sp³-hybridized carbons (Fsp3) is 0.647. The molecule has 0 radical (unpaired) electrons. The number of nitrogens with zero attached hydrogens (tertiary/aromatic N) is 3. The van der Waals surface area contributed by atoms with Crippen molar-refractivity contribution in [2.75, 3.05) is 18.9 Å². The Morgan fingerprint density at radius 3 is 2.48 bits per heavy atom. The minimum Gasteiger partial charge on any atom is -0.383 e. The zero-order valence-corrected chi connectivity index (χ0v) is 14.2. The fourth-order valence-electron chi connectivity index (χ4n) is 3.68. The summed E-state index contributed by atoms with van der Waals surface area (Å²) in [6.45, 7) is 7.51. The van der Waals surface area contributed by atoms with Crippen LogP contribution in [0.2, 0.25) is 0 Å². The van der Waals surface area contributed by atoms with Gasteiger partial charge < -0.3 is 19.8 Å². The van der Waals surface area contributed by atoms with Gasteiger partial charge in [0.2, 0.25) is 0 Å². The number of nitrogens with two attached hydrogens (primary N) is 1. The average Bonchev–Trinajstić information content (AvgIpc) is 3.16. The molecule has 2 aromatic rings. The van der Waals surface area contributed by atoms with Crippen LogP contribution in [0, 0.1) is 6.92 Å². The van der Waals surface area contributed by atoms with E-state index >= 15 is 0 Å². The lowest BCUT2D eigenvalue weighted by molar-refractivity contribution is -0.181. The second-order valence-electron chi connectivity index (χ2n) is 6.02. The SMILES string of the molecule is CC.Cc1cn(C2CCC3(CC2)OCCO3)c2ncnc(N)c12. The monoisotopic (exact) mass is 318 g/mol. The number of aryl methyl sites for hydroxylation is 1. The van der Waals surface area contributed by atoms with Crippen molar-refractivity contribution in [3.63, 3.8) is 0 Å². The molecule has 0 atom stereocenters. The summed E-state index contributed by atoms with van der Waals surface area (Å²) in [6, 6.07) is 0.425. The maximum Gasteiger partial charge on any atom is 0.168 e. The fourth-order valence-corrected chi connectivity index (χ4v) is 3.68. The maximum absolute atomic E-state index is 5.99. The number of aromatic nitrogens is 3. The molecule has 6 nitrogen and oxygen atoms in total. The maximum atomic E-state index is 5.99. The highest BCUT2D eigenvalue weighted by atomic mass is 16.7. The lowest BCUT2D eigenvalue weighted by atomic mass is 9.90. The summed E-state index contributed by atoms with van der Waals surface area (Å²) in [5, 5.41) is 0.978. The Labute approximate surface area is 137 Å². The molecule has 1 saturated carbocycles. The summed E-state index contributed by atoms with van der Waals surface area (Å²) in [4.78, 5) is 8.53. The highest BCUT2D eigenvalue weighted by molar-refractivity contribution is 5.89. The predicted octanol–water partition coefficient (Wildman–Crippen LogP) is 3.21. The third-order valence-electron chi connectivity index (χ3n) is 4.75. The number of anilines is 1. The standard InChI is InChI=1S/C15H20N4O2.C2H6/c1-10-8-19(14-12(10)13(16)17-9-18-14)11-2-4-15(5-3-11)20-6-7-21-15;1-2/h8-9,11H,2-7H2,1H3,(H2,16,17,18);1-2H3. The largest absolute Gasteiger partial charge is 0.383 e. The highest BCUT2D eigenvalue weighted by Gasteiger charge is 2.40. The molecule has 1 aliphatic heterocycles. The molecule has 0 bridgehead atoms. The third kappa shape index (κ3) is 2.81. The molecule has 4 rings (SSSR count). The van der Waals surface area contributed by atoms with Gasteiger partial charge in [-0.1, -0.05) is 13.8 Å². The van der Waals surface area contributed by atoms with Crippen molar-refractivity contribution < 1.29 is 9.47 Å². The summed E-state index contributed by atoms with van der Waals surface area (Å²) in [6.07, 6.45) is 7.64. The van der Waals surface area contributed by atoms with Crippen LogP contribution in [-0.4, -0.2) is 33.5 Å². The summed E-state index contributed by atoms with van der Waals surface area (Å²) < 4.78 is 13.9. The van der Waals surface area contributed by atoms with E-state index in [0.717, 1.165) is 55.5 Å². The lowest BCUT2D eigenvalue weighted by Crippen LogP contribution is -2.35. The van der Waals surface area contributed by atoms with Gasteiger partial charge in [-0.25, -0.2) is 9.97 Å². The Hall–Kier alpha value is -1.66. The van der Waals surface area contributed by atoms with Gasteiger partial charge in [-0.2, -0.15) is 0 Å². The minimum atomic E-state index is -0.317. The van der Waals surface area contributed by atoms with E-state index in [1.54, 1.807) is 6.33 Å².